The molecule has 1 atom stereocenters. The van der Waals surface area contributed by atoms with Gasteiger partial charge in [0.2, 0.25) is 0 Å². The Kier molecular flexibility index (Phi) is 6.95. The molecule has 0 aliphatic carbocycles. The molecule has 0 saturated heterocycles. The molecule has 0 saturated carbocycles. The fourth-order valence-corrected chi connectivity index (χ4v) is 2.90. The van der Waals surface area contributed by atoms with E-state index in [1.165, 1.54) is 0 Å². The SMILES string of the molecule is CCC(CCCSc1cnccn1)(NC(C)C)C(=O)O. The normalized spacial score (nSPS) is 14.2. The molecule has 112 valence electrons. The molecule has 1 aromatic heterocycles. The van der Waals surface area contributed by atoms with Gasteiger partial charge in [0.15, 0.2) is 0 Å². The first-order chi connectivity index (χ1) is 9.50. The Hall–Kier alpha value is -1.14. The number of carboxylic acids is 1. The van der Waals surface area contributed by atoms with Crippen LogP contribution in [-0.2, 0) is 4.79 Å². The standard InChI is InChI=1S/C14H23N3O2S/c1-4-14(13(18)19,17-11(2)3)6-5-9-20-12-10-15-7-8-16-12/h7-8,10-11,17H,4-6,9H2,1-3H3,(H,18,19). The third kappa shape index (κ3) is 5.09. The van der Waals surface area contributed by atoms with Crippen LogP contribution in [0.5, 0.6) is 0 Å². The molecule has 20 heavy (non-hydrogen) atoms. The van der Waals surface area contributed by atoms with E-state index in [1.807, 2.05) is 20.8 Å². The van der Waals surface area contributed by atoms with Gasteiger partial charge in [-0.3, -0.25) is 15.1 Å². The van der Waals surface area contributed by atoms with E-state index in [2.05, 4.69) is 15.3 Å². The molecule has 0 aliphatic heterocycles. The maximum Gasteiger partial charge on any atom is 0.323 e. The Morgan fingerprint density at radius 1 is 1.50 bits per heavy atom. The Morgan fingerprint density at radius 2 is 2.25 bits per heavy atom. The third-order valence-electron chi connectivity index (χ3n) is 3.12. The molecule has 6 heteroatoms. The molecule has 0 aromatic carbocycles. The van der Waals surface area contributed by atoms with E-state index in [0.29, 0.717) is 12.8 Å². The highest BCUT2D eigenvalue weighted by Crippen LogP contribution is 2.22. The summed E-state index contributed by atoms with van der Waals surface area (Å²) >= 11 is 1.61. The van der Waals surface area contributed by atoms with Crippen LogP contribution in [0.2, 0.25) is 0 Å². The second-order valence-corrected chi connectivity index (χ2v) is 6.15. The quantitative estimate of drug-likeness (QED) is 0.539. The van der Waals surface area contributed by atoms with E-state index in [4.69, 9.17) is 0 Å². The van der Waals surface area contributed by atoms with Crippen LogP contribution >= 0.6 is 11.8 Å². The first-order valence-corrected chi connectivity index (χ1v) is 7.88. The second kappa shape index (κ2) is 8.21. The molecule has 0 radical (unpaired) electrons. The molecular formula is C14H23N3O2S. The first-order valence-electron chi connectivity index (χ1n) is 6.90. The Bertz CT molecular complexity index is 414. The predicted octanol–water partition coefficient (Wildman–Crippen LogP) is 2.58. The summed E-state index contributed by atoms with van der Waals surface area (Å²) < 4.78 is 0. The molecular weight excluding hydrogens is 274 g/mol. The Labute approximate surface area is 124 Å². The number of aromatic nitrogens is 2. The molecule has 1 rings (SSSR count). The molecule has 0 aliphatic rings. The summed E-state index contributed by atoms with van der Waals surface area (Å²) in [5.41, 5.74) is -0.822. The highest BCUT2D eigenvalue weighted by Gasteiger charge is 2.36. The van der Waals surface area contributed by atoms with Crippen molar-refractivity contribution in [1.82, 2.24) is 15.3 Å². The van der Waals surface area contributed by atoms with Gasteiger partial charge >= 0.3 is 5.97 Å². The van der Waals surface area contributed by atoms with Crippen molar-refractivity contribution in [3.05, 3.63) is 18.6 Å². The first kappa shape index (κ1) is 16.9. The average molecular weight is 297 g/mol. The minimum atomic E-state index is -0.822. The summed E-state index contributed by atoms with van der Waals surface area (Å²) in [5, 5.41) is 13.6. The highest BCUT2D eigenvalue weighted by molar-refractivity contribution is 7.99. The molecule has 0 fully saturated rings. The summed E-state index contributed by atoms with van der Waals surface area (Å²) in [6, 6.07) is 0.152. The Morgan fingerprint density at radius 3 is 2.75 bits per heavy atom. The number of rotatable bonds is 9. The maximum absolute atomic E-state index is 11.6. The van der Waals surface area contributed by atoms with Gasteiger partial charge in [-0.1, -0.05) is 6.92 Å². The zero-order valence-corrected chi connectivity index (χ0v) is 13.1. The zero-order valence-electron chi connectivity index (χ0n) is 12.3. The lowest BCUT2D eigenvalue weighted by molar-refractivity contribution is -0.145. The number of carboxylic acid groups (broad SMARTS) is 1. The van der Waals surface area contributed by atoms with Gasteiger partial charge in [0, 0.05) is 18.4 Å². The zero-order chi connectivity index (χ0) is 15.0. The summed E-state index contributed by atoms with van der Waals surface area (Å²) in [7, 11) is 0. The minimum absolute atomic E-state index is 0.152. The highest BCUT2D eigenvalue weighted by atomic mass is 32.2. The minimum Gasteiger partial charge on any atom is -0.480 e. The van der Waals surface area contributed by atoms with Crippen molar-refractivity contribution < 1.29 is 9.90 Å². The molecule has 1 unspecified atom stereocenters. The lowest BCUT2D eigenvalue weighted by Crippen LogP contribution is -2.54. The van der Waals surface area contributed by atoms with E-state index in [-0.39, 0.29) is 6.04 Å². The van der Waals surface area contributed by atoms with Crippen molar-refractivity contribution >= 4 is 17.7 Å². The van der Waals surface area contributed by atoms with E-state index in [9.17, 15) is 9.90 Å². The topological polar surface area (TPSA) is 75.1 Å². The van der Waals surface area contributed by atoms with Crippen LogP contribution in [0.15, 0.2) is 23.6 Å². The summed E-state index contributed by atoms with van der Waals surface area (Å²) in [5.74, 6) is 0.0752. The maximum atomic E-state index is 11.6. The molecule has 1 heterocycles. The van der Waals surface area contributed by atoms with Crippen LogP contribution in [0.4, 0.5) is 0 Å². The lowest BCUT2D eigenvalue weighted by atomic mass is 9.90. The van der Waals surface area contributed by atoms with Gasteiger partial charge in [-0.25, -0.2) is 4.98 Å². The van der Waals surface area contributed by atoms with Crippen molar-refractivity contribution in [3.63, 3.8) is 0 Å². The molecule has 0 bridgehead atoms. The number of nitrogens with one attached hydrogen (secondary N) is 1. The summed E-state index contributed by atoms with van der Waals surface area (Å²) in [6.07, 6.45) is 7.04. The van der Waals surface area contributed by atoms with E-state index in [1.54, 1.807) is 30.4 Å². The predicted molar refractivity (Wildman–Crippen MR) is 80.9 cm³/mol. The van der Waals surface area contributed by atoms with Gasteiger partial charge < -0.3 is 5.11 Å². The van der Waals surface area contributed by atoms with E-state index in [0.717, 1.165) is 17.2 Å². The number of nitrogens with zero attached hydrogens (tertiary/aromatic N) is 2. The molecule has 0 spiro atoms. The van der Waals surface area contributed by atoms with E-state index >= 15 is 0 Å². The molecule has 5 nitrogen and oxygen atoms in total. The lowest BCUT2D eigenvalue weighted by Gasteiger charge is -2.31. The molecule has 2 N–H and O–H groups in total. The Balaban J connectivity index is 2.48. The monoisotopic (exact) mass is 297 g/mol. The van der Waals surface area contributed by atoms with Crippen molar-refractivity contribution in [2.45, 2.75) is 56.6 Å². The van der Waals surface area contributed by atoms with Crippen molar-refractivity contribution in [2.24, 2.45) is 0 Å². The second-order valence-electron chi connectivity index (χ2n) is 5.04. The van der Waals surface area contributed by atoms with Crippen LogP contribution in [-0.4, -0.2) is 38.4 Å². The van der Waals surface area contributed by atoms with Gasteiger partial charge in [-0.15, -0.1) is 11.8 Å². The smallest absolute Gasteiger partial charge is 0.323 e. The number of hydrogen-bond donors (Lipinski definition) is 2. The van der Waals surface area contributed by atoms with Gasteiger partial charge in [-0.05, 0) is 38.9 Å². The number of carbonyl (C=O) groups is 1. The fraction of sp³-hybridized carbons (Fsp3) is 0.643. The third-order valence-corrected chi connectivity index (χ3v) is 4.11. The van der Waals surface area contributed by atoms with E-state index < -0.39 is 11.5 Å². The van der Waals surface area contributed by atoms with Gasteiger partial charge in [0.1, 0.15) is 10.6 Å². The van der Waals surface area contributed by atoms with Crippen LogP contribution < -0.4 is 5.32 Å². The van der Waals surface area contributed by atoms with Crippen LogP contribution in [0, 0.1) is 0 Å². The fourth-order valence-electron chi connectivity index (χ4n) is 2.13. The van der Waals surface area contributed by atoms with Gasteiger partial charge in [0.05, 0.1) is 6.20 Å². The van der Waals surface area contributed by atoms with Crippen molar-refractivity contribution in [3.8, 4) is 0 Å². The number of hydrogen-bond acceptors (Lipinski definition) is 5. The van der Waals surface area contributed by atoms with Crippen molar-refractivity contribution in [2.75, 3.05) is 5.75 Å². The van der Waals surface area contributed by atoms with Crippen LogP contribution in [0.1, 0.15) is 40.0 Å². The number of aliphatic carboxylic acids is 1. The molecule has 0 amide bonds. The van der Waals surface area contributed by atoms with Crippen LogP contribution in [0.3, 0.4) is 0 Å². The largest absolute Gasteiger partial charge is 0.480 e. The average Bonchev–Trinajstić information content (AvgIpc) is 2.42. The van der Waals surface area contributed by atoms with Crippen molar-refractivity contribution in [1.29, 1.82) is 0 Å². The summed E-state index contributed by atoms with van der Waals surface area (Å²) in [4.78, 5) is 19.8. The van der Waals surface area contributed by atoms with Gasteiger partial charge in [-0.2, -0.15) is 0 Å². The van der Waals surface area contributed by atoms with Crippen LogP contribution in [0.25, 0.3) is 0 Å². The van der Waals surface area contributed by atoms with Gasteiger partial charge in [0.25, 0.3) is 0 Å². The number of thioether (sulfide) groups is 1. The molecule has 1 aromatic rings. The summed E-state index contributed by atoms with van der Waals surface area (Å²) in [6.45, 7) is 5.86.